The van der Waals surface area contributed by atoms with Crippen LogP contribution < -0.4 is 10.2 Å². The smallest absolute Gasteiger partial charge is 0.242 e. The highest BCUT2D eigenvalue weighted by Gasteiger charge is 2.15. The van der Waals surface area contributed by atoms with Gasteiger partial charge in [-0.15, -0.1) is 11.3 Å². The zero-order valence-corrected chi connectivity index (χ0v) is 9.52. The normalized spacial score (nSPS) is 10.2. The minimum Gasteiger partial charge on any atom is -0.311 e. The predicted octanol–water partition coefficient (Wildman–Crippen LogP) is 1.02. The van der Waals surface area contributed by atoms with Crippen molar-refractivity contribution in [3.63, 3.8) is 0 Å². The first kappa shape index (κ1) is 11.1. The quantitative estimate of drug-likeness (QED) is 0.812. The molecule has 1 aromatic rings. The number of nitrogens with one attached hydrogen (secondary N) is 1. The van der Waals surface area contributed by atoms with Gasteiger partial charge in [0.15, 0.2) is 5.13 Å². The van der Waals surface area contributed by atoms with E-state index in [2.05, 4.69) is 10.3 Å². The fourth-order valence-electron chi connectivity index (χ4n) is 1.13. The molecule has 1 aromatic heterocycles. The molecule has 78 valence electrons. The number of hydrogen-bond acceptors (Lipinski definition) is 4. The highest BCUT2D eigenvalue weighted by atomic mass is 32.1. The van der Waals surface area contributed by atoms with Gasteiger partial charge in [0.1, 0.15) is 0 Å². The monoisotopic (exact) mass is 213 g/mol. The van der Waals surface area contributed by atoms with E-state index in [-0.39, 0.29) is 5.91 Å². The Kier molecular flexibility index (Phi) is 4.03. The molecule has 0 aliphatic heterocycles. The minimum atomic E-state index is 0.0596. The molecule has 5 heteroatoms. The Morgan fingerprint density at radius 2 is 2.43 bits per heavy atom. The van der Waals surface area contributed by atoms with E-state index in [4.69, 9.17) is 0 Å². The van der Waals surface area contributed by atoms with Crippen molar-refractivity contribution >= 4 is 22.4 Å². The van der Waals surface area contributed by atoms with Crippen LogP contribution in [0.4, 0.5) is 5.13 Å². The summed E-state index contributed by atoms with van der Waals surface area (Å²) >= 11 is 1.50. The van der Waals surface area contributed by atoms with Crippen LogP contribution in [0.3, 0.4) is 0 Å². The summed E-state index contributed by atoms with van der Waals surface area (Å²) in [6.45, 7) is 4.89. The lowest BCUT2D eigenvalue weighted by Crippen LogP contribution is -2.37. The van der Waals surface area contributed by atoms with Crippen LogP contribution in [-0.4, -0.2) is 31.0 Å². The Bertz CT molecular complexity index is 311. The van der Waals surface area contributed by atoms with E-state index in [0.29, 0.717) is 13.1 Å². The first-order chi connectivity index (χ1) is 6.69. The second-order valence-corrected chi connectivity index (χ2v) is 3.78. The molecule has 1 heterocycles. The van der Waals surface area contributed by atoms with Crippen molar-refractivity contribution in [3.8, 4) is 0 Å². The number of rotatable bonds is 4. The topological polar surface area (TPSA) is 45.2 Å². The molecule has 0 saturated carbocycles. The van der Waals surface area contributed by atoms with Crippen molar-refractivity contribution in [2.24, 2.45) is 0 Å². The van der Waals surface area contributed by atoms with E-state index in [0.717, 1.165) is 10.8 Å². The van der Waals surface area contributed by atoms with Gasteiger partial charge in [-0.2, -0.15) is 0 Å². The first-order valence-corrected chi connectivity index (χ1v) is 5.44. The van der Waals surface area contributed by atoms with Crippen LogP contribution in [-0.2, 0) is 4.79 Å². The van der Waals surface area contributed by atoms with Gasteiger partial charge in [0.2, 0.25) is 5.91 Å². The molecule has 1 N–H and O–H groups in total. The summed E-state index contributed by atoms with van der Waals surface area (Å²) in [5, 5.41) is 5.58. The summed E-state index contributed by atoms with van der Waals surface area (Å²) < 4.78 is 0. The molecule has 0 atom stereocenters. The highest BCUT2D eigenvalue weighted by Crippen LogP contribution is 2.19. The fraction of sp³-hybridized carbons (Fsp3) is 0.556. The Morgan fingerprint density at radius 3 is 2.86 bits per heavy atom. The van der Waals surface area contributed by atoms with E-state index >= 15 is 0 Å². The van der Waals surface area contributed by atoms with Gasteiger partial charge in [-0.1, -0.05) is 0 Å². The maximum atomic E-state index is 11.6. The molecule has 1 rings (SSSR count). The summed E-state index contributed by atoms with van der Waals surface area (Å²) in [6, 6.07) is 0. The molecule has 4 nitrogen and oxygen atoms in total. The van der Waals surface area contributed by atoms with Gasteiger partial charge in [0, 0.05) is 11.9 Å². The molecule has 0 aromatic carbocycles. The summed E-state index contributed by atoms with van der Waals surface area (Å²) in [4.78, 5) is 17.6. The number of amides is 1. The molecule has 14 heavy (non-hydrogen) atoms. The maximum absolute atomic E-state index is 11.6. The molecule has 0 aliphatic rings. The van der Waals surface area contributed by atoms with Crippen molar-refractivity contribution in [1.82, 2.24) is 10.3 Å². The number of aryl methyl sites for hydroxylation is 1. The van der Waals surface area contributed by atoms with Gasteiger partial charge in [-0.25, -0.2) is 4.98 Å². The van der Waals surface area contributed by atoms with E-state index < -0.39 is 0 Å². The maximum Gasteiger partial charge on any atom is 0.242 e. The first-order valence-electron chi connectivity index (χ1n) is 4.56. The van der Waals surface area contributed by atoms with Crippen LogP contribution in [0.1, 0.15) is 12.6 Å². The summed E-state index contributed by atoms with van der Waals surface area (Å²) in [5.74, 6) is 0.0596. The third-order valence-electron chi connectivity index (χ3n) is 1.78. The van der Waals surface area contributed by atoms with E-state index in [1.54, 1.807) is 11.9 Å². The van der Waals surface area contributed by atoms with E-state index in [1.807, 2.05) is 19.2 Å². The summed E-state index contributed by atoms with van der Waals surface area (Å²) in [7, 11) is 1.76. The van der Waals surface area contributed by atoms with Gasteiger partial charge in [0.05, 0.1) is 12.2 Å². The lowest BCUT2D eigenvalue weighted by atomic mass is 10.5. The zero-order chi connectivity index (χ0) is 10.6. The van der Waals surface area contributed by atoms with Crippen LogP contribution in [0.25, 0.3) is 0 Å². The van der Waals surface area contributed by atoms with Crippen molar-refractivity contribution in [2.75, 3.05) is 25.0 Å². The molecule has 0 bridgehead atoms. The second-order valence-electron chi connectivity index (χ2n) is 2.94. The predicted molar refractivity (Wildman–Crippen MR) is 58.8 cm³/mol. The number of thiazole rings is 1. The Hall–Kier alpha value is -0.940. The van der Waals surface area contributed by atoms with Gasteiger partial charge in [0.25, 0.3) is 0 Å². The second kappa shape index (κ2) is 5.07. The number of nitrogens with zero attached hydrogens (tertiary/aromatic N) is 2. The lowest BCUT2D eigenvalue weighted by molar-refractivity contribution is -0.117. The summed E-state index contributed by atoms with van der Waals surface area (Å²) in [6.07, 6.45) is 0. The number of likely N-dealkylation sites (N-methyl/N-ethyl adjacent to an activating group) is 2. The number of carbonyl (C=O) groups excluding carboxylic acids is 1. The average Bonchev–Trinajstić information content (AvgIpc) is 2.54. The van der Waals surface area contributed by atoms with Gasteiger partial charge >= 0.3 is 0 Å². The molecule has 0 radical (unpaired) electrons. The van der Waals surface area contributed by atoms with E-state index in [1.165, 1.54) is 11.3 Å². The van der Waals surface area contributed by atoms with Crippen LogP contribution >= 0.6 is 11.3 Å². The van der Waals surface area contributed by atoms with Gasteiger partial charge in [-0.3, -0.25) is 9.69 Å². The number of aromatic nitrogens is 1. The molecule has 1 amide bonds. The standard InChI is InChI=1S/C9H15N3OS/c1-4-12(8(13)5-10-3)9-11-7(2)6-14-9/h6,10H,4-5H2,1-3H3. The fourth-order valence-corrected chi connectivity index (χ4v) is 2.01. The molecule has 0 fully saturated rings. The number of carbonyl (C=O) groups is 1. The molecule has 0 spiro atoms. The van der Waals surface area contributed by atoms with Crippen LogP contribution in [0.2, 0.25) is 0 Å². The van der Waals surface area contributed by atoms with Crippen molar-refractivity contribution in [2.45, 2.75) is 13.8 Å². The van der Waals surface area contributed by atoms with Gasteiger partial charge in [-0.05, 0) is 20.9 Å². The lowest BCUT2D eigenvalue weighted by Gasteiger charge is -2.17. The average molecular weight is 213 g/mol. The third kappa shape index (κ3) is 2.52. The Balaban J connectivity index is 2.76. The SMILES string of the molecule is CCN(C(=O)CNC)c1nc(C)cs1. The summed E-state index contributed by atoms with van der Waals surface area (Å²) in [5.41, 5.74) is 0.959. The zero-order valence-electron chi connectivity index (χ0n) is 8.70. The highest BCUT2D eigenvalue weighted by molar-refractivity contribution is 7.14. The van der Waals surface area contributed by atoms with Crippen LogP contribution in [0.15, 0.2) is 5.38 Å². The Labute approximate surface area is 88.0 Å². The van der Waals surface area contributed by atoms with Gasteiger partial charge < -0.3 is 5.32 Å². The van der Waals surface area contributed by atoms with Crippen LogP contribution in [0, 0.1) is 6.92 Å². The van der Waals surface area contributed by atoms with Crippen molar-refractivity contribution < 1.29 is 4.79 Å². The molecule has 0 aliphatic carbocycles. The third-order valence-corrected chi connectivity index (χ3v) is 2.76. The largest absolute Gasteiger partial charge is 0.311 e. The minimum absolute atomic E-state index is 0.0596. The van der Waals surface area contributed by atoms with Crippen molar-refractivity contribution in [1.29, 1.82) is 0 Å². The number of anilines is 1. The molecular weight excluding hydrogens is 198 g/mol. The van der Waals surface area contributed by atoms with Crippen LogP contribution in [0.5, 0.6) is 0 Å². The molecular formula is C9H15N3OS. The van der Waals surface area contributed by atoms with E-state index in [9.17, 15) is 4.79 Å². The number of hydrogen-bond donors (Lipinski definition) is 1. The van der Waals surface area contributed by atoms with Crippen molar-refractivity contribution in [3.05, 3.63) is 11.1 Å². The molecule has 0 saturated heterocycles. The molecule has 0 unspecified atom stereocenters. The Morgan fingerprint density at radius 1 is 1.71 bits per heavy atom.